The second-order valence-electron chi connectivity index (χ2n) is 6.96. The molecule has 0 unspecified atom stereocenters. The van der Waals surface area contributed by atoms with Crippen molar-refractivity contribution in [2.45, 2.75) is 0 Å². The van der Waals surface area contributed by atoms with E-state index >= 15 is 0 Å². The van der Waals surface area contributed by atoms with E-state index < -0.39 is 0 Å². The van der Waals surface area contributed by atoms with Crippen LogP contribution in [0.2, 0.25) is 0 Å². The van der Waals surface area contributed by atoms with Gasteiger partial charge in [0, 0.05) is 26.9 Å². The summed E-state index contributed by atoms with van der Waals surface area (Å²) in [5, 5.41) is 15.5. The van der Waals surface area contributed by atoms with Crippen LogP contribution in [0.15, 0.2) is 77.6 Å². The standard InChI is InChI=1S/C23H13N3S2/c1-3-7-17-14(5-1)15-6-2-4-8-18(15)25(17)23-21-16-10-12-27-22(16)19-9-11-24-26(19)20(21)13-28-23/h1-13H. The summed E-state index contributed by atoms with van der Waals surface area (Å²) in [5.41, 5.74) is 4.85. The van der Waals surface area contributed by atoms with E-state index in [1.54, 1.807) is 22.7 Å². The molecule has 7 rings (SSSR count). The molecular formula is C23H13N3S2. The zero-order valence-corrected chi connectivity index (χ0v) is 16.3. The van der Waals surface area contributed by atoms with Gasteiger partial charge in [-0.05, 0) is 29.6 Å². The summed E-state index contributed by atoms with van der Waals surface area (Å²) < 4.78 is 5.80. The highest BCUT2D eigenvalue weighted by molar-refractivity contribution is 7.18. The zero-order chi connectivity index (χ0) is 18.2. The molecule has 0 saturated heterocycles. The molecule has 5 heteroatoms. The summed E-state index contributed by atoms with van der Waals surface area (Å²) in [7, 11) is 0. The van der Waals surface area contributed by atoms with Gasteiger partial charge in [0.15, 0.2) is 0 Å². The number of nitrogens with zero attached hydrogens (tertiary/aromatic N) is 3. The first-order valence-corrected chi connectivity index (χ1v) is 10.9. The molecule has 0 N–H and O–H groups in total. The molecule has 132 valence electrons. The number of pyridine rings is 1. The zero-order valence-electron chi connectivity index (χ0n) is 14.7. The van der Waals surface area contributed by atoms with Crippen molar-refractivity contribution >= 4 is 71.0 Å². The van der Waals surface area contributed by atoms with Crippen LogP contribution in [0.4, 0.5) is 0 Å². The molecule has 0 bridgehead atoms. The second-order valence-corrected chi connectivity index (χ2v) is 8.74. The molecule has 3 nitrogen and oxygen atoms in total. The first-order chi connectivity index (χ1) is 13.9. The van der Waals surface area contributed by atoms with Gasteiger partial charge in [0.05, 0.1) is 33.0 Å². The highest BCUT2D eigenvalue weighted by Gasteiger charge is 2.19. The van der Waals surface area contributed by atoms with Crippen molar-refractivity contribution in [3.05, 3.63) is 77.6 Å². The average Bonchev–Trinajstić information content (AvgIpc) is 3.49. The van der Waals surface area contributed by atoms with Gasteiger partial charge < -0.3 is 4.57 Å². The molecule has 0 fully saturated rings. The lowest BCUT2D eigenvalue weighted by Crippen LogP contribution is -1.93. The van der Waals surface area contributed by atoms with Gasteiger partial charge in [-0.15, -0.1) is 22.7 Å². The molecule has 0 aliphatic heterocycles. The van der Waals surface area contributed by atoms with Crippen molar-refractivity contribution in [3.63, 3.8) is 0 Å². The Kier molecular flexibility index (Phi) is 2.77. The van der Waals surface area contributed by atoms with Crippen LogP contribution in [0.5, 0.6) is 0 Å². The van der Waals surface area contributed by atoms with Crippen molar-refractivity contribution in [2.24, 2.45) is 0 Å². The van der Waals surface area contributed by atoms with Crippen molar-refractivity contribution in [1.29, 1.82) is 0 Å². The maximum atomic E-state index is 4.62. The van der Waals surface area contributed by atoms with Crippen molar-refractivity contribution in [3.8, 4) is 5.00 Å². The third-order valence-corrected chi connectivity index (χ3v) is 7.46. The van der Waals surface area contributed by atoms with Gasteiger partial charge >= 0.3 is 0 Å². The van der Waals surface area contributed by atoms with Crippen LogP contribution in [0, 0.1) is 0 Å². The van der Waals surface area contributed by atoms with Gasteiger partial charge in [0.25, 0.3) is 0 Å². The van der Waals surface area contributed by atoms with E-state index in [2.05, 4.69) is 85.6 Å². The molecule has 0 saturated carbocycles. The van der Waals surface area contributed by atoms with E-state index in [1.807, 2.05) is 6.20 Å². The molecule has 28 heavy (non-hydrogen) atoms. The maximum Gasteiger partial charge on any atom is 0.110 e. The van der Waals surface area contributed by atoms with Crippen LogP contribution >= 0.6 is 22.7 Å². The minimum Gasteiger partial charge on any atom is -0.300 e. The van der Waals surface area contributed by atoms with E-state index in [9.17, 15) is 0 Å². The number of hydrogen-bond donors (Lipinski definition) is 0. The molecule has 7 aromatic rings. The monoisotopic (exact) mass is 395 g/mol. The first kappa shape index (κ1) is 14.9. The van der Waals surface area contributed by atoms with Crippen LogP contribution in [0.1, 0.15) is 0 Å². The largest absolute Gasteiger partial charge is 0.300 e. The van der Waals surface area contributed by atoms with E-state index in [4.69, 9.17) is 0 Å². The summed E-state index contributed by atoms with van der Waals surface area (Å²) in [6.45, 7) is 0. The number of rotatable bonds is 1. The number of para-hydroxylation sites is 2. The molecule has 0 spiro atoms. The van der Waals surface area contributed by atoms with Crippen LogP contribution in [-0.2, 0) is 0 Å². The topological polar surface area (TPSA) is 22.2 Å². The Hall–Kier alpha value is -3.15. The number of fused-ring (bicyclic) bond motifs is 9. The minimum absolute atomic E-state index is 1.17. The Balaban J connectivity index is 1.76. The van der Waals surface area contributed by atoms with Crippen molar-refractivity contribution in [2.75, 3.05) is 0 Å². The van der Waals surface area contributed by atoms with Crippen LogP contribution in [0.3, 0.4) is 0 Å². The fourth-order valence-electron chi connectivity index (χ4n) is 4.43. The Morgan fingerprint density at radius 1 is 0.679 bits per heavy atom. The lowest BCUT2D eigenvalue weighted by Gasteiger charge is -2.08. The van der Waals surface area contributed by atoms with E-state index in [0.29, 0.717) is 0 Å². The molecule has 0 atom stereocenters. The molecule has 0 aliphatic rings. The molecule has 0 aliphatic carbocycles. The van der Waals surface area contributed by atoms with Gasteiger partial charge in [0.2, 0.25) is 0 Å². The van der Waals surface area contributed by atoms with Crippen LogP contribution < -0.4 is 0 Å². The van der Waals surface area contributed by atoms with Gasteiger partial charge in [-0.25, -0.2) is 4.52 Å². The lowest BCUT2D eigenvalue weighted by atomic mass is 10.2. The number of benzene rings is 2. The number of thiophene rings is 2. The molecule has 5 aromatic heterocycles. The lowest BCUT2D eigenvalue weighted by molar-refractivity contribution is 1.01. The third-order valence-electron chi connectivity index (χ3n) is 5.57. The predicted molar refractivity (Wildman–Crippen MR) is 120 cm³/mol. The minimum atomic E-state index is 1.17. The van der Waals surface area contributed by atoms with E-state index in [0.717, 1.165) is 0 Å². The SMILES string of the molecule is c1ccc2c(c1)c1ccccc1n2-c1scc2c1c1ccsc1c1ccnn12. The van der Waals surface area contributed by atoms with Gasteiger partial charge in [-0.1, -0.05) is 36.4 Å². The second kappa shape index (κ2) is 5.22. The van der Waals surface area contributed by atoms with Crippen molar-refractivity contribution < 1.29 is 0 Å². The summed E-state index contributed by atoms with van der Waals surface area (Å²) in [6, 6.07) is 21.7. The molecule has 2 aromatic carbocycles. The number of aromatic nitrogens is 3. The fourth-order valence-corrected chi connectivity index (χ4v) is 6.41. The summed E-state index contributed by atoms with van der Waals surface area (Å²) in [4.78, 5) is 0. The highest BCUT2D eigenvalue weighted by atomic mass is 32.1. The summed E-state index contributed by atoms with van der Waals surface area (Å²) in [6.07, 6.45) is 1.89. The normalized spacial score (nSPS) is 12.3. The maximum absolute atomic E-state index is 4.62. The number of hydrogen-bond acceptors (Lipinski definition) is 3. The first-order valence-electron chi connectivity index (χ1n) is 9.14. The Labute approximate surface area is 167 Å². The predicted octanol–water partition coefficient (Wildman–Crippen LogP) is 6.86. The van der Waals surface area contributed by atoms with Crippen LogP contribution in [0.25, 0.3) is 53.3 Å². The molecule has 0 radical (unpaired) electrons. The third kappa shape index (κ3) is 1.71. The van der Waals surface area contributed by atoms with Gasteiger partial charge in [0.1, 0.15) is 5.00 Å². The van der Waals surface area contributed by atoms with E-state index in [-0.39, 0.29) is 0 Å². The molecular weight excluding hydrogens is 382 g/mol. The average molecular weight is 396 g/mol. The van der Waals surface area contributed by atoms with Gasteiger partial charge in [-0.2, -0.15) is 5.10 Å². The molecule has 5 heterocycles. The highest BCUT2D eigenvalue weighted by Crippen LogP contribution is 2.42. The van der Waals surface area contributed by atoms with E-state index in [1.165, 1.54) is 53.3 Å². The Morgan fingerprint density at radius 3 is 2.21 bits per heavy atom. The fraction of sp³-hybridized carbons (Fsp3) is 0. The van der Waals surface area contributed by atoms with Gasteiger partial charge in [-0.3, -0.25) is 0 Å². The van der Waals surface area contributed by atoms with Crippen LogP contribution in [-0.4, -0.2) is 14.2 Å². The summed E-state index contributed by atoms with van der Waals surface area (Å²) in [5.74, 6) is 0. The Morgan fingerprint density at radius 2 is 1.43 bits per heavy atom. The smallest absolute Gasteiger partial charge is 0.110 e. The molecule has 0 amide bonds. The summed E-state index contributed by atoms with van der Waals surface area (Å²) >= 11 is 3.58. The van der Waals surface area contributed by atoms with Crippen molar-refractivity contribution in [1.82, 2.24) is 14.2 Å². The Bertz CT molecular complexity index is 1590. The quantitative estimate of drug-likeness (QED) is 0.298.